The molecule has 0 saturated carbocycles. The average molecular weight is 406 g/mol. The molecule has 3 aromatic rings. The van der Waals surface area contributed by atoms with E-state index in [1.54, 1.807) is 24.3 Å². The number of anilines is 1. The lowest BCUT2D eigenvalue weighted by Crippen LogP contribution is -2.03. The predicted octanol–water partition coefficient (Wildman–Crippen LogP) is 6.33. The first-order valence-corrected chi connectivity index (χ1v) is 9.04. The van der Waals surface area contributed by atoms with E-state index < -0.39 is 0 Å². The number of rotatable bonds is 7. The lowest BCUT2D eigenvalue weighted by atomic mass is 10.2. The average Bonchev–Trinajstić information content (AvgIpc) is 2.67. The van der Waals surface area contributed by atoms with Crippen molar-refractivity contribution in [3.63, 3.8) is 0 Å². The highest BCUT2D eigenvalue weighted by Gasteiger charge is 2.13. The molecule has 0 spiro atoms. The number of methoxy groups -OCH3 is 1. The van der Waals surface area contributed by atoms with E-state index in [9.17, 15) is 4.39 Å². The van der Waals surface area contributed by atoms with Gasteiger partial charge in [-0.1, -0.05) is 41.4 Å². The molecule has 0 aromatic heterocycles. The van der Waals surface area contributed by atoms with Gasteiger partial charge in [0.2, 0.25) is 0 Å². The van der Waals surface area contributed by atoms with E-state index in [-0.39, 0.29) is 12.4 Å². The Bertz CT molecular complexity index is 917. The Kier molecular flexibility index (Phi) is 6.43. The first-order valence-electron chi connectivity index (χ1n) is 8.29. The number of hydrogen-bond donors (Lipinski definition) is 1. The maximum absolute atomic E-state index is 13.8. The Balaban J connectivity index is 1.72. The number of hydrogen-bond acceptors (Lipinski definition) is 3. The Morgan fingerprint density at radius 3 is 2.44 bits per heavy atom. The van der Waals surface area contributed by atoms with Crippen LogP contribution in [-0.4, -0.2) is 7.11 Å². The Morgan fingerprint density at radius 1 is 1.00 bits per heavy atom. The third kappa shape index (κ3) is 5.06. The van der Waals surface area contributed by atoms with Crippen molar-refractivity contribution in [2.24, 2.45) is 0 Å². The molecule has 1 N–H and O–H groups in total. The lowest BCUT2D eigenvalue weighted by Gasteiger charge is -2.15. The summed E-state index contributed by atoms with van der Waals surface area (Å²) in [6, 6.07) is 17.5. The van der Waals surface area contributed by atoms with E-state index in [0.717, 1.165) is 11.3 Å². The predicted molar refractivity (Wildman–Crippen MR) is 108 cm³/mol. The van der Waals surface area contributed by atoms with Gasteiger partial charge in [0.25, 0.3) is 0 Å². The van der Waals surface area contributed by atoms with Crippen molar-refractivity contribution in [1.82, 2.24) is 0 Å². The van der Waals surface area contributed by atoms with Crippen LogP contribution in [-0.2, 0) is 13.2 Å². The zero-order valence-electron chi connectivity index (χ0n) is 14.6. The molecule has 0 aliphatic carbocycles. The van der Waals surface area contributed by atoms with Crippen molar-refractivity contribution < 1.29 is 13.9 Å². The minimum Gasteiger partial charge on any atom is -0.493 e. The van der Waals surface area contributed by atoms with E-state index >= 15 is 0 Å². The zero-order valence-corrected chi connectivity index (χ0v) is 16.1. The third-order valence-corrected chi connectivity index (χ3v) is 4.49. The van der Waals surface area contributed by atoms with Gasteiger partial charge < -0.3 is 14.8 Å². The van der Waals surface area contributed by atoms with Crippen molar-refractivity contribution >= 4 is 28.9 Å². The summed E-state index contributed by atoms with van der Waals surface area (Å²) in [6.45, 7) is 0.608. The minimum atomic E-state index is -0.323. The van der Waals surface area contributed by atoms with Crippen LogP contribution in [0, 0.1) is 5.82 Å². The van der Waals surface area contributed by atoms with Gasteiger partial charge in [-0.25, -0.2) is 4.39 Å². The smallest absolute Gasteiger partial charge is 0.180 e. The molecule has 0 atom stereocenters. The molecule has 3 aromatic carbocycles. The molecule has 27 heavy (non-hydrogen) atoms. The number of benzene rings is 3. The SMILES string of the molecule is COc1cc(CNc2ccc(Cl)cc2)cc(Cl)c1OCc1ccccc1F. The van der Waals surface area contributed by atoms with Crippen LogP contribution in [0.25, 0.3) is 0 Å². The summed E-state index contributed by atoms with van der Waals surface area (Å²) in [6.07, 6.45) is 0. The number of ether oxygens (including phenoxy) is 2. The van der Waals surface area contributed by atoms with Gasteiger partial charge in [0.15, 0.2) is 11.5 Å². The molecular weight excluding hydrogens is 388 g/mol. The van der Waals surface area contributed by atoms with Gasteiger partial charge in [0.1, 0.15) is 12.4 Å². The van der Waals surface area contributed by atoms with Crippen LogP contribution < -0.4 is 14.8 Å². The second kappa shape index (κ2) is 8.98. The fraction of sp³-hybridized carbons (Fsp3) is 0.143. The van der Waals surface area contributed by atoms with Gasteiger partial charge in [-0.3, -0.25) is 0 Å². The van der Waals surface area contributed by atoms with Gasteiger partial charge in [0, 0.05) is 22.8 Å². The van der Waals surface area contributed by atoms with Crippen molar-refractivity contribution in [3.05, 3.63) is 87.7 Å². The van der Waals surface area contributed by atoms with Crippen LogP contribution in [0.15, 0.2) is 60.7 Å². The van der Waals surface area contributed by atoms with E-state index in [1.807, 2.05) is 30.3 Å². The maximum Gasteiger partial charge on any atom is 0.180 e. The Labute approximate surface area is 167 Å². The summed E-state index contributed by atoms with van der Waals surface area (Å²) in [5, 5.41) is 4.37. The summed E-state index contributed by atoms with van der Waals surface area (Å²) < 4.78 is 24.9. The quantitative estimate of drug-likeness (QED) is 0.497. The van der Waals surface area contributed by atoms with Crippen molar-refractivity contribution in [3.8, 4) is 11.5 Å². The van der Waals surface area contributed by atoms with Crippen molar-refractivity contribution in [2.45, 2.75) is 13.2 Å². The standard InChI is InChI=1S/C21H18Cl2FNO2/c1-26-20-11-14(12-25-17-8-6-16(22)7-9-17)10-18(23)21(20)27-13-15-4-2-3-5-19(15)24/h2-11,25H,12-13H2,1H3. The molecule has 0 heterocycles. The van der Waals surface area contributed by atoms with E-state index in [0.29, 0.717) is 33.7 Å². The highest BCUT2D eigenvalue weighted by molar-refractivity contribution is 6.32. The molecule has 3 nitrogen and oxygen atoms in total. The van der Waals surface area contributed by atoms with Crippen LogP contribution in [0.1, 0.15) is 11.1 Å². The summed E-state index contributed by atoms with van der Waals surface area (Å²) in [7, 11) is 1.54. The highest BCUT2D eigenvalue weighted by Crippen LogP contribution is 2.37. The summed E-state index contributed by atoms with van der Waals surface area (Å²) in [5.41, 5.74) is 2.31. The van der Waals surface area contributed by atoms with Gasteiger partial charge in [-0.2, -0.15) is 0 Å². The van der Waals surface area contributed by atoms with Crippen LogP contribution in [0.5, 0.6) is 11.5 Å². The second-order valence-electron chi connectivity index (χ2n) is 5.85. The molecule has 0 radical (unpaired) electrons. The van der Waals surface area contributed by atoms with Crippen LogP contribution in [0.4, 0.5) is 10.1 Å². The number of nitrogens with one attached hydrogen (secondary N) is 1. The lowest BCUT2D eigenvalue weighted by molar-refractivity contribution is 0.280. The molecule has 6 heteroatoms. The normalized spacial score (nSPS) is 10.5. The summed E-state index contributed by atoms with van der Waals surface area (Å²) in [5.74, 6) is 0.556. The zero-order chi connectivity index (χ0) is 19.2. The maximum atomic E-state index is 13.8. The molecule has 140 valence electrons. The highest BCUT2D eigenvalue weighted by atomic mass is 35.5. The molecule has 0 saturated heterocycles. The molecule has 0 amide bonds. The fourth-order valence-electron chi connectivity index (χ4n) is 2.55. The first-order chi connectivity index (χ1) is 13.1. The summed E-state index contributed by atoms with van der Waals surface area (Å²) >= 11 is 12.3. The topological polar surface area (TPSA) is 30.5 Å². The van der Waals surface area contributed by atoms with E-state index in [2.05, 4.69) is 5.32 Å². The molecule has 3 rings (SSSR count). The van der Waals surface area contributed by atoms with Crippen molar-refractivity contribution in [2.75, 3.05) is 12.4 Å². The molecule has 0 fully saturated rings. The first kappa shape index (κ1) is 19.3. The molecular formula is C21H18Cl2FNO2. The second-order valence-corrected chi connectivity index (χ2v) is 6.69. The number of halogens is 3. The van der Waals surface area contributed by atoms with Crippen LogP contribution in [0.3, 0.4) is 0 Å². The largest absolute Gasteiger partial charge is 0.493 e. The van der Waals surface area contributed by atoms with E-state index in [4.69, 9.17) is 32.7 Å². The summed E-state index contributed by atoms with van der Waals surface area (Å²) in [4.78, 5) is 0. The molecule has 0 aliphatic rings. The van der Waals surface area contributed by atoms with Gasteiger partial charge in [-0.15, -0.1) is 0 Å². The van der Waals surface area contributed by atoms with E-state index in [1.165, 1.54) is 13.2 Å². The van der Waals surface area contributed by atoms with Crippen LogP contribution in [0.2, 0.25) is 10.0 Å². The molecule has 0 aliphatic heterocycles. The Hall–Kier alpha value is -2.43. The molecule has 0 unspecified atom stereocenters. The van der Waals surface area contributed by atoms with Crippen LogP contribution >= 0.6 is 23.2 Å². The van der Waals surface area contributed by atoms with Gasteiger partial charge in [0.05, 0.1) is 12.1 Å². The van der Waals surface area contributed by atoms with Crippen molar-refractivity contribution in [1.29, 1.82) is 0 Å². The third-order valence-electron chi connectivity index (χ3n) is 3.96. The molecule has 0 bridgehead atoms. The minimum absolute atomic E-state index is 0.0606. The fourth-order valence-corrected chi connectivity index (χ4v) is 2.97. The monoisotopic (exact) mass is 405 g/mol. The Morgan fingerprint density at radius 2 is 1.74 bits per heavy atom. The van der Waals surface area contributed by atoms with Gasteiger partial charge >= 0.3 is 0 Å². The van der Waals surface area contributed by atoms with Gasteiger partial charge in [-0.05, 0) is 48.0 Å².